The van der Waals surface area contributed by atoms with Crippen LogP contribution < -0.4 is 0 Å². The van der Waals surface area contributed by atoms with E-state index in [0.29, 0.717) is 0 Å². The highest BCUT2D eigenvalue weighted by Gasteiger charge is 2.29. The smallest absolute Gasteiger partial charge is 0.151 e. The van der Waals surface area contributed by atoms with Gasteiger partial charge in [-0.3, -0.25) is 0 Å². The maximum Gasteiger partial charge on any atom is 0.151 e. The van der Waals surface area contributed by atoms with E-state index < -0.39 is 49.8 Å². The number of carbonyl (C=O) groups is 2. The summed E-state index contributed by atoms with van der Waals surface area (Å²) in [5.41, 5.74) is 0. The van der Waals surface area contributed by atoms with Gasteiger partial charge in [-0.05, 0) is 0 Å². The second kappa shape index (κ2) is 11.8. The molecule has 0 amide bonds. The Labute approximate surface area is 114 Å². The molecule has 0 aliphatic heterocycles. The van der Waals surface area contributed by atoms with Gasteiger partial charge in [-0.1, -0.05) is 0 Å². The van der Waals surface area contributed by atoms with Crippen molar-refractivity contribution >= 4 is 12.6 Å². The standard InChI is InChI=1S/C6H12O6.C4H8O4/c7-1-3(9)5(11)6(12)4(10)2-8;5-1-3(7)4(8)2-6/h1,3-6,8-12H,2H2;1,3-4,6-8H,2H2. The van der Waals surface area contributed by atoms with Crippen LogP contribution in [0, 0.1) is 0 Å². The third kappa shape index (κ3) is 8.24. The molecule has 20 heavy (non-hydrogen) atoms. The average Bonchev–Trinajstić information content (AvgIpc) is 2.50. The van der Waals surface area contributed by atoms with E-state index in [4.69, 9.17) is 40.9 Å². The summed E-state index contributed by atoms with van der Waals surface area (Å²) < 4.78 is 0. The van der Waals surface area contributed by atoms with Crippen LogP contribution in [0.4, 0.5) is 0 Å². The summed E-state index contributed by atoms with van der Waals surface area (Å²) in [6.07, 6.45) is -9.47. The van der Waals surface area contributed by atoms with Crippen LogP contribution in [-0.2, 0) is 9.59 Å². The summed E-state index contributed by atoms with van der Waals surface area (Å²) in [5.74, 6) is 0. The van der Waals surface area contributed by atoms with Crippen molar-refractivity contribution in [3.05, 3.63) is 0 Å². The highest BCUT2D eigenvalue weighted by atomic mass is 16.4. The molecule has 0 rings (SSSR count). The first-order valence-corrected chi connectivity index (χ1v) is 5.47. The highest BCUT2D eigenvalue weighted by Crippen LogP contribution is 2.02. The molecule has 0 fully saturated rings. The quantitative estimate of drug-likeness (QED) is 0.200. The van der Waals surface area contributed by atoms with E-state index in [9.17, 15) is 9.59 Å². The first kappa shape index (κ1) is 21.3. The topological polar surface area (TPSA) is 196 Å². The number of aliphatic hydroxyl groups is 8. The third-order valence-electron chi connectivity index (χ3n) is 2.14. The molecular weight excluding hydrogens is 280 g/mol. The predicted octanol–water partition coefficient (Wildman–Crippen LogP) is -5.48. The van der Waals surface area contributed by atoms with Crippen LogP contribution in [0.1, 0.15) is 0 Å². The third-order valence-corrected chi connectivity index (χ3v) is 2.14. The van der Waals surface area contributed by atoms with Gasteiger partial charge in [0.15, 0.2) is 12.6 Å². The Morgan fingerprint density at radius 1 is 0.650 bits per heavy atom. The van der Waals surface area contributed by atoms with E-state index in [0.717, 1.165) is 0 Å². The Hall–Kier alpha value is -0.980. The highest BCUT2D eigenvalue weighted by molar-refractivity contribution is 5.56. The molecule has 120 valence electrons. The predicted molar refractivity (Wildman–Crippen MR) is 62.3 cm³/mol. The van der Waals surface area contributed by atoms with Gasteiger partial charge in [-0.2, -0.15) is 0 Å². The lowest BCUT2D eigenvalue weighted by atomic mass is 10.0. The number of hydrogen-bond donors (Lipinski definition) is 8. The van der Waals surface area contributed by atoms with E-state index >= 15 is 0 Å². The molecule has 0 bridgehead atoms. The lowest BCUT2D eigenvalue weighted by molar-refractivity contribution is -0.136. The molecule has 6 unspecified atom stereocenters. The average molecular weight is 300 g/mol. The summed E-state index contributed by atoms with van der Waals surface area (Å²) in [7, 11) is 0. The van der Waals surface area contributed by atoms with Crippen LogP contribution >= 0.6 is 0 Å². The molecule has 0 aromatic carbocycles. The number of aldehydes is 2. The van der Waals surface area contributed by atoms with Crippen LogP contribution in [-0.4, -0.2) is 103 Å². The second-order valence-corrected chi connectivity index (χ2v) is 3.73. The van der Waals surface area contributed by atoms with Crippen LogP contribution in [0.25, 0.3) is 0 Å². The Balaban J connectivity index is 0. The number of rotatable bonds is 8. The van der Waals surface area contributed by atoms with Gasteiger partial charge in [-0.15, -0.1) is 0 Å². The summed E-state index contributed by atoms with van der Waals surface area (Å²) in [5, 5.41) is 68.3. The van der Waals surface area contributed by atoms with Crippen LogP contribution in [0.2, 0.25) is 0 Å². The zero-order valence-corrected chi connectivity index (χ0v) is 10.4. The van der Waals surface area contributed by atoms with E-state index in [1.54, 1.807) is 0 Å². The van der Waals surface area contributed by atoms with Crippen molar-refractivity contribution in [1.29, 1.82) is 0 Å². The van der Waals surface area contributed by atoms with Gasteiger partial charge < -0.3 is 50.4 Å². The molecule has 0 aliphatic carbocycles. The van der Waals surface area contributed by atoms with Crippen molar-refractivity contribution in [2.75, 3.05) is 13.2 Å². The van der Waals surface area contributed by atoms with Crippen molar-refractivity contribution in [2.45, 2.75) is 36.6 Å². The summed E-state index contributed by atoms with van der Waals surface area (Å²) in [6, 6.07) is 0. The first-order valence-electron chi connectivity index (χ1n) is 5.47. The van der Waals surface area contributed by atoms with Gasteiger partial charge in [0.1, 0.15) is 36.6 Å². The Morgan fingerprint density at radius 2 is 1.05 bits per heavy atom. The minimum Gasteiger partial charge on any atom is -0.394 e. The SMILES string of the molecule is O=CC(O)C(O)C(O)C(O)CO.O=CC(O)C(O)CO. The zero-order chi connectivity index (χ0) is 16.3. The minimum atomic E-state index is -1.79. The van der Waals surface area contributed by atoms with Crippen molar-refractivity contribution in [1.82, 2.24) is 0 Å². The van der Waals surface area contributed by atoms with Crippen molar-refractivity contribution in [3.8, 4) is 0 Å². The maximum absolute atomic E-state index is 9.90. The fourth-order valence-electron chi connectivity index (χ4n) is 0.817. The number of hydrogen-bond acceptors (Lipinski definition) is 10. The summed E-state index contributed by atoms with van der Waals surface area (Å²) in [6.45, 7) is -1.36. The van der Waals surface area contributed by atoms with E-state index in [-0.39, 0.29) is 12.6 Å². The van der Waals surface area contributed by atoms with Gasteiger partial charge in [0.05, 0.1) is 13.2 Å². The molecule has 0 aromatic heterocycles. The molecule has 0 aromatic rings. The molecular formula is C10H20O10. The Morgan fingerprint density at radius 3 is 1.30 bits per heavy atom. The number of carbonyl (C=O) groups excluding carboxylic acids is 2. The Kier molecular flexibility index (Phi) is 12.6. The maximum atomic E-state index is 9.90. The van der Waals surface area contributed by atoms with Gasteiger partial charge >= 0.3 is 0 Å². The van der Waals surface area contributed by atoms with Crippen molar-refractivity contribution < 1.29 is 50.4 Å². The lowest BCUT2D eigenvalue weighted by Gasteiger charge is -2.22. The molecule has 8 N–H and O–H groups in total. The van der Waals surface area contributed by atoms with Gasteiger partial charge in [0.25, 0.3) is 0 Å². The van der Waals surface area contributed by atoms with Crippen LogP contribution in [0.3, 0.4) is 0 Å². The lowest BCUT2D eigenvalue weighted by Crippen LogP contribution is -2.46. The fraction of sp³-hybridized carbons (Fsp3) is 0.800. The molecule has 0 saturated carbocycles. The van der Waals surface area contributed by atoms with Gasteiger partial charge in [0, 0.05) is 0 Å². The summed E-state index contributed by atoms with van der Waals surface area (Å²) in [4.78, 5) is 19.5. The van der Waals surface area contributed by atoms with Gasteiger partial charge in [0.2, 0.25) is 0 Å². The van der Waals surface area contributed by atoms with E-state index in [2.05, 4.69) is 0 Å². The second-order valence-electron chi connectivity index (χ2n) is 3.73. The Bertz CT molecular complexity index is 260. The molecule has 10 nitrogen and oxygen atoms in total. The van der Waals surface area contributed by atoms with E-state index in [1.807, 2.05) is 0 Å². The van der Waals surface area contributed by atoms with Crippen molar-refractivity contribution in [2.24, 2.45) is 0 Å². The monoisotopic (exact) mass is 300 g/mol. The molecule has 0 saturated heterocycles. The normalized spacial score (nSPS) is 19.6. The van der Waals surface area contributed by atoms with Crippen LogP contribution in [0.15, 0.2) is 0 Å². The molecule has 0 radical (unpaired) electrons. The fourth-order valence-corrected chi connectivity index (χ4v) is 0.817. The summed E-state index contributed by atoms with van der Waals surface area (Å²) >= 11 is 0. The van der Waals surface area contributed by atoms with E-state index in [1.165, 1.54) is 0 Å². The molecule has 0 aliphatic rings. The molecule has 0 spiro atoms. The van der Waals surface area contributed by atoms with Crippen molar-refractivity contribution in [3.63, 3.8) is 0 Å². The number of aliphatic hydroxyl groups excluding tert-OH is 8. The molecule has 10 heteroatoms. The minimum absolute atomic E-state index is 0.0258. The molecule has 6 atom stereocenters. The first-order chi connectivity index (χ1) is 9.26. The zero-order valence-electron chi connectivity index (χ0n) is 10.4. The molecule has 0 heterocycles. The van der Waals surface area contributed by atoms with Crippen LogP contribution in [0.5, 0.6) is 0 Å². The largest absolute Gasteiger partial charge is 0.394 e. The van der Waals surface area contributed by atoms with Gasteiger partial charge in [-0.25, -0.2) is 0 Å².